The van der Waals surface area contributed by atoms with Crippen molar-refractivity contribution in [1.29, 1.82) is 0 Å². The first-order valence-electron chi connectivity index (χ1n) is 9.46. The molecule has 0 amide bonds. The summed E-state index contributed by atoms with van der Waals surface area (Å²) in [6.45, 7) is 3.26. The van der Waals surface area contributed by atoms with Gasteiger partial charge in [-0.15, -0.1) is 0 Å². The van der Waals surface area contributed by atoms with E-state index in [2.05, 4.69) is 19.1 Å². The quantitative estimate of drug-likeness (QED) is 0.387. The predicted octanol–water partition coefficient (Wildman–Crippen LogP) is 4.94. The van der Waals surface area contributed by atoms with Crippen molar-refractivity contribution in [2.45, 2.75) is 96.1 Å². The van der Waals surface area contributed by atoms with Gasteiger partial charge < -0.3 is 15.2 Å². The molecule has 0 spiro atoms. The minimum atomic E-state index is -0.0117. The zero-order chi connectivity index (χ0) is 15.9. The smallest absolute Gasteiger partial charge is 0.147 e. The topological polar surface area (TPSA) is 44.5 Å². The molecule has 22 heavy (non-hydrogen) atoms. The molecule has 0 aromatic heterocycles. The molecule has 0 bridgehead atoms. The summed E-state index contributed by atoms with van der Waals surface area (Å²) in [5, 5.41) is 0. The van der Waals surface area contributed by atoms with Crippen LogP contribution in [0.15, 0.2) is 12.2 Å². The van der Waals surface area contributed by atoms with Gasteiger partial charge in [-0.1, -0.05) is 83.3 Å². The largest absolute Gasteiger partial charge is 0.354 e. The maximum absolute atomic E-state index is 5.92. The maximum Gasteiger partial charge on any atom is 0.147 e. The van der Waals surface area contributed by atoms with Crippen molar-refractivity contribution in [2.75, 3.05) is 13.4 Å². The van der Waals surface area contributed by atoms with Crippen molar-refractivity contribution >= 4 is 0 Å². The number of unbranched alkanes of at least 4 members (excludes halogenated alkanes) is 11. The molecular weight excluding hydrogens is 274 g/mol. The lowest BCUT2D eigenvalue weighted by Gasteiger charge is -2.26. The molecular formula is C19H37NO2. The molecule has 3 nitrogen and oxygen atoms in total. The second-order valence-electron chi connectivity index (χ2n) is 6.54. The highest BCUT2D eigenvalue weighted by molar-refractivity contribution is 4.95. The SMILES string of the molecule is CCCCCCCCCCCCC/C=C/C1OCOCC1N. The first-order chi connectivity index (χ1) is 10.8. The van der Waals surface area contributed by atoms with Gasteiger partial charge in [0.1, 0.15) is 6.79 Å². The molecule has 2 N–H and O–H groups in total. The molecule has 3 heteroatoms. The third-order valence-electron chi connectivity index (χ3n) is 4.38. The van der Waals surface area contributed by atoms with Gasteiger partial charge in [-0.05, 0) is 12.8 Å². The van der Waals surface area contributed by atoms with E-state index in [1.54, 1.807) is 0 Å². The molecule has 1 fully saturated rings. The number of nitrogens with two attached hydrogens (primary N) is 1. The van der Waals surface area contributed by atoms with Gasteiger partial charge in [-0.3, -0.25) is 0 Å². The Morgan fingerprint density at radius 2 is 1.50 bits per heavy atom. The molecule has 2 unspecified atom stereocenters. The summed E-state index contributed by atoms with van der Waals surface area (Å²) in [7, 11) is 0. The summed E-state index contributed by atoms with van der Waals surface area (Å²) in [6.07, 6.45) is 20.9. The average Bonchev–Trinajstić information content (AvgIpc) is 2.53. The van der Waals surface area contributed by atoms with Crippen molar-refractivity contribution in [3.8, 4) is 0 Å². The van der Waals surface area contributed by atoms with Crippen molar-refractivity contribution in [2.24, 2.45) is 5.73 Å². The molecule has 0 aliphatic carbocycles. The number of hydrogen-bond donors (Lipinski definition) is 1. The number of rotatable bonds is 13. The first kappa shape index (κ1) is 19.7. The van der Waals surface area contributed by atoms with Crippen LogP contribution in [0.25, 0.3) is 0 Å². The van der Waals surface area contributed by atoms with Crippen LogP contribution < -0.4 is 5.73 Å². The minimum Gasteiger partial charge on any atom is -0.354 e. The molecule has 130 valence electrons. The summed E-state index contributed by atoms with van der Waals surface area (Å²) in [5.41, 5.74) is 5.92. The standard InChI is InChI=1S/C19H37NO2/c1-2-3-4-5-6-7-8-9-10-11-12-13-14-15-19-18(20)16-21-17-22-19/h14-15,18-19H,2-13,16-17,20H2,1H3/b15-14+. The highest BCUT2D eigenvalue weighted by Crippen LogP contribution is 2.12. The lowest BCUT2D eigenvalue weighted by atomic mass is 10.0. The van der Waals surface area contributed by atoms with Crippen LogP contribution >= 0.6 is 0 Å². The third kappa shape index (κ3) is 10.4. The van der Waals surface area contributed by atoms with Crippen molar-refractivity contribution in [3.63, 3.8) is 0 Å². The highest BCUT2D eigenvalue weighted by Gasteiger charge is 2.19. The van der Waals surface area contributed by atoms with Gasteiger partial charge in [0.05, 0.1) is 18.8 Å². The fraction of sp³-hybridized carbons (Fsp3) is 0.895. The molecule has 1 saturated heterocycles. The van der Waals surface area contributed by atoms with Crippen LogP contribution in [-0.2, 0) is 9.47 Å². The second kappa shape index (κ2) is 14.2. The van der Waals surface area contributed by atoms with E-state index in [0.717, 1.165) is 6.42 Å². The first-order valence-corrected chi connectivity index (χ1v) is 9.46. The Labute approximate surface area is 137 Å². The zero-order valence-electron chi connectivity index (χ0n) is 14.6. The molecule has 0 aromatic carbocycles. The molecule has 2 atom stereocenters. The fourth-order valence-electron chi connectivity index (χ4n) is 2.88. The molecule has 1 rings (SSSR count). The van der Waals surface area contributed by atoms with Crippen molar-refractivity contribution in [3.05, 3.63) is 12.2 Å². The second-order valence-corrected chi connectivity index (χ2v) is 6.54. The van der Waals surface area contributed by atoms with E-state index in [-0.39, 0.29) is 12.1 Å². The van der Waals surface area contributed by atoms with Crippen LogP contribution in [0, 0.1) is 0 Å². The van der Waals surface area contributed by atoms with Crippen LogP contribution in [-0.4, -0.2) is 25.5 Å². The van der Waals surface area contributed by atoms with Gasteiger partial charge in [0, 0.05) is 0 Å². The Morgan fingerprint density at radius 3 is 2.09 bits per heavy atom. The Bertz CT molecular complexity index is 268. The zero-order valence-corrected chi connectivity index (χ0v) is 14.6. The molecule has 1 heterocycles. The molecule has 1 aliphatic rings. The highest BCUT2D eigenvalue weighted by atomic mass is 16.7. The average molecular weight is 312 g/mol. The molecule has 0 radical (unpaired) electrons. The summed E-state index contributed by atoms with van der Waals surface area (Å²) in [6, 6.07) is -0.0117. The van der Waals surface area contributed by atoms with Crippen LogP contribution in [0.4, 0.5) is 0 Å². The summed E-state index contributed by atoms with van der Waals surface area (Å²) < 4.78 is 10.6. The van der Waals surface area contributed by atoms with Gasteiger partial charge in [-0.25, -0.2) is 0 Å². The van der Waals surface area contributed by atoms with Crippen LogP contribution in [0.3, 0.4) is 0 Å². The minimum absolute atomic E-state index is 0.0117. The molecule has 0 saturated carbocycles. The normalized spacial score (nSPS) is 22.5. The van der Waals surface area contributed by atoms with E-state index >= 15 is 0 Å². The van der Waals surface area contributed by atoms with Gasteiger partial charge in [0.15, 0.2) is 0 Å². The summed E-state index contributed by atoms with van der Waals surface area (Å²) >= 11 is 0. The molecule has 1 aliphatic heterocycles. The van der Waals surface area contributed by atoms with Crippen molar-refractivity contribution in [1.82, 2.24) is 0 Å². The third-order valence-corrected chi connectivity index (χ3v) is 4.38. The lowest BCUT2D eigenvalue weighted by molar-refractivity contribution is -0.133. The summed E-state index contributed by atoms with van der Waals surface area (Å²) in [5.74, 6) is 0. The number of hydrogen-bond acceptors (Lipinski definition) is 3. The Balaban J connectivity index is 1.81. The maximum atomic E-state index is 5.92. The molecule has 0 aromatic rings. The van der Waals surface area contributed by atoms with E-state index in [0.29, 0.717) is 13.4 Å². The lowest BCUT2D eigenvalue weighted by Crippen LogP contribution is -2.43. The van der Waals surface area contributed by atoms with Crippen molar-refractivity contribution < 1.29 is 9.47 Å². The Kier molecular flexibility index (Phi) is 12.7. The monoisotopic (exact) mass is 311 g/mol. The van der Waals surface area contributed by atoms with Gasteiger partial charge in [-0.2, -0.15) is 0 Å². The van der Waals surface area contributed by atoms with E-state index in [4.69, 9.17) is 15.2 Å². The fourth-order valence-corrected chi connectivity index (χ4v) is 2.88. The number of ether oxygens (including phenoxy) is 2. The van der Waals surface area contributed by atoms with E-state index < -0.39 is 0 Å². The van der Waals surface area contributed by atoms with E-state index in [9.17, 15) is 0 Å². The van der Waals surface area contributed by atoms with Gasteiger partial charge in [0.2, 0.25) is 0 Å². The van der Waals surface area contributed by atoms with Crippen LogP contribution in [0.2, 0.25) is 0 Å². The summed E-state index contributed by atoms with van der Waals surface area (Å²) in [4.78, 5) is 0. The van der Waals surface area contributed by atoms with Gasteiger partial charge in [0.25, 0.3) is 0 Å². The number of allylic oxidation sites excluding steroid dienone is 1. The van der Waals surface area contributed by atoms with Crippen LogP contribution in [0.1, 0.15) is 84.0 Å². The van der Waals surface area contributed by atoms with Crippen LogP contribution in [0.5, 0.6) is 0 Å². The Morgan fingerprint density at radius 1 is 0.909 bits per heavy atom. The predicted molar refractivity (Wildman–Crippen MR) is 93.9 cm³/mol. The van der Waals surface area contributed by atoms with E-state index in [1.165, 1.54) is 70.6 Å². The van der Waals surface area contributed by atoms with Gasteiger partial charge >= 0.3 is 0 Å². The Hall–Kier alpha value is -0.380. The van der Waals surface area contributed by atoms with E-state index in [1.807, 2.05) is 0 Å².